The van der Waals surface area contributed by atoms with E-state index in [0.29, 0.717) is 13.1 Å². The smallest absolute Gasteiger partial charge is 0.223 e. The van der Waals surface area contributed by atoms with Crippen LogP contribution in [0.4, 0.5) is 0 Å². The minimum absolute atomic E-state index is 0.0402. The molecule has 0 spiro atoms. The van der Waals surface area contributed by atoms with Gasteiger partial charge in [-0.3, -0.25) is 9.59 Å². The SMILES string of the molecule is CC[C@@H](C)[C@H](NC(=O)C1CCN(C(C)=O)CC1)c1nc2ccccc2[nH]1. The van der Waals surface area contributed by atoms with Crippen molar-refractivity contribution in [2.24, 2.45) is 11.8 Å². The summed E-state index contributed by atoms with van der Waals surface area (Å²) in [6.45, 7) is 7.16. The predicted octanol–water partition coefficient (Wildman–Crippen LogP) is 3.02. The number of amides is 2. The zero-order chi connectivity index (χ0) is 18.7. The van der Waals surface area contributed by atoms with Crippen LogP contribution in [0.5, 0.6) is 0 Å². The maximum atomic E-state index is 12.8. The molecule has 2 atom stereocenters. The molecule has 0 saturated carbocycles. The number of likely N-dealkylation sites (tertiary alicyclic amines) is 1. The van der Waals surface area contributed by atoms with Crippen molar-refractivity contribution in [1.82, 2.24) is 20.2 Å². The van der Waals surface area contributed by atoms with Crippen molar-refractivity contribution in [3.05, 3.63) is 30.1 Å². The minimum atomic E-state index is -0.134. The van der Waals surface area contributed by atoms with Crippen LogP contribution in [0, 0.1) is 11.8 Å². The van der Waals surface area contributed by atoms with Crippen LogP contribution in [0.1, 0.15) is 51.9 Å². The lowest BCUT2D eigenvalue weighted by Gasteiger charge is -2.32. The summed E-state index contributed by atoms with van der Waals surface area (Å²) in [7, 11) is 0. The zero-order valence-electron chi connectivity index (χ0n) is 15.8. The molecule has 1 aliphatic rings. The summed E-state index contributed by atoms with van der Waals surface area (Å²) in [6.07, 6.45) is 2.39. The van der Waals surface area contributed by atoms with E-state index in [9.17, 15) is 9.59 Å². The van der Waals surface area contributed by atoms with E-state index in [0.717, 1.165) is 36.1 Å². The molecule has 0 aliphatic carbocycles. The summed E-state index contributed by atoms with van der Waals surface area (Å²) in [5.74, 6) is 1.20. The van der Waals surface area contributed by atoms with Crippen LogP contribution >= 0.6 is 0 Å². The maximum Gasteiger partial charge on any atom is 0.223 e. The Labute approximate surface area is 154 Å². The Bertz CT molecular complexity index is 744. The van der Waals surface area contributed by atoms with Gasteiger partial charge < -0.3 is 15.2 Å². The number of aromatic nitrogens is 2. The molecule has 1 saturated heterocycles. The van der Waals surface area contributed by atoms with Crippen LogP contribution < -0.4 is 5.32 Å². The summed E-state index contributed by atoms with van der Waals surface area (Å²) >= 11 is 0. The number of aromatic amines is 1. The molecule has 1 aromatic heterocycles. The monoisotopic (exact) mass is 356 g/mol. The molecule has 0 unspecified atom stereocenters. The molecule has 0 radical (unpaired) electrons. The van der Waals surface area contributed by atoms with Crippen molar-refractivity contribution in [3.63, 3.8) is 0 Å². The Kier molecular flexibility index (Phi) is 5.59. The number of carbonyl (C=O) groups excluding carboxylic acids is 2. The quantitative estimate of drug-likeness (QED) is 0.864. The number of nitrogens with one attached hydrogen (secondary N) is 2. The van der Waals surface area contributed by atoms with Crippen LogP contribution in [0.2, 0.25) is 0 Å². The van der Waals surface area contributed by atoms with Crippen molar-refractivity contribution < 1.29 is 9.59 Å². The summed E-state index contributed by atoms with van der Waals surface area (Å²) < 4.78 is 0. The van der Waals surface area contributed by atoms with Crippen molar-refractivity contribution in [3.8, 4) is 0 Å². The van der Waals surface area contributed by atoms with Gasteiger partial charge in [-0.2, -0.15) is 0 Å². The summed E-state index contributed by atoms with van der Waals surface area (Å²) in [4.78, 5) is 34.2. The third-order valence-corrected chi connectivity index (χ3v) is 5.52. The molecule has 2 heterocycles. The first-order chi connectivity index (χ1) is 12.5. The summed E-state index contributed by atoms with van der Waals surface area (Å²) in [5.41, 5.74) is 1.90. The fourth-order valence-corrected chi connectivity index (χ4v) is 3.56. The van der Waals surface area contributed by atoms with Crippen LogP contribution in [-0.2, 0) is 9.59 Å². The fourth-order valence-electron chi connectivity index (χ4n) is 3.56. The number of fused-ring (bicyclic) bond motifs is 1. The highest BCUT2D eigenvalue weighted by molar-refractivity contribution is 5.80. The number of H-pyrrole nitrogens is 1. The molecule has 140 valence electrons. The van der Waals surface area contributed by atoms with E-state index in [4.69, 9.17) is 4.98 Å². The average molecular weight is 356 g/mol. The molecule has 1 aromatic carbocycles. The topological polar surface area (TPSA) is 78.1 Å². The molecular formula is C20H28N4O2. The van der Waals surface area contributed by atoms with Gasteiger partial charge in [-0.25, -0.2) is 4.98 Å². The normalized spacial score (nSPS) is 17.9. The van der Waals surface area contributed by atoms with Gasteiger partial charge in [-0.1, -0.05) is 32.4 Å². The molecule has 2 aromatic rings. The van der Waals surface area contributed by atoms with E-state index in [1.807, 2.05) is 29.2 Å². The van der Waals surface area contributed by atoms with Gasteiger partial charge in [0.1, 0.15) is 5.82 Å². The first-order valence-electron chi connectivity index (χ1n) is 9.50. The molecular weight excluding hydrogens is 328 g/mol. The Morgan fingerprint density at radius 1 is 1.31 bits per heavy atom. The van der Waals surface area contributed by atoms with E-state index in [1.54, 1.807) is 6.92 Å². The standard InChI is InChI=1S/C20H28N4O2/c1-4-13(2)18(19-21-16-7-5-6-8-17(16)22-19)23-20(26)15-9-11-24(12-10-15)14(3)25/h5-8,13,15,18H,4,9-12H2,1-3H3,(H,21,22)(H,23,26)/t13-,18+/m1/s1. The number of carbonyl (C=O) groups is 2. The second-order valence-electron chi connectivity index (χ2n) is 7.29. The second kappa shape index (κ2) is 7.89. The highest BCUT2D eigenvalue weighted by atomic mass is 16.2. The molecule has 2 amide bonds. The number of piperidine rings is 1. The van der Waals surface area contributed by atoms with Crippen LogP contribution in [-0.4, -0.2) is 39.8 Å². The molecule has 1 aliphatic heterocycles. The predicted molar refractivity (Wildman–Crippen MR) is 101 cm³/mol. The number of rotatable bonds is 5. The van der Waals surface area contributed by atoms with E-state index in [1.165, 1.54) is 0 Å². The van der Waals surface area contributed by atoms with Crippen molar-refractivity contribution in [2.45, 2.75) is 46.1 Å². The number of imidazole rings is 1. The third-order valence-electron chi connectivity index (χ3n) is 5.52. The molecule has 26 heavy (non-hydrogen) atoms. The molecule has 0 bridgehead atoms. The summed E-state index contributed by atoms with van der Waals surface area (Å²) in [6, 6.07) is 7.78. The van der Waals surface area contributed by atoms with Gasteiger partial charge in [0.25, 0.3) is 0 Å². The minimum Gasteiger partial charge on any atom is -0.346 e. The van der Waals surface area contributed by atoms with E-state index in [2.05, 4.69) is 24.1 Å². The Morgan fingerprint density at radius 3 is 2.62 bits per heavy atom. The highest BCUT2D eigenvalue weighted by Crippen LogP contribution is 2.26. The lowest BCUT2D eigenvalue weighted by Crippen LogP contribution is -2.44. The average Bonchev–Trinajstić information content (AvgIpc) is 3.09. The van der Waals surface area contributed by atoms with Crippen LogP contribution in [0.3, 0.4) is 0 Å². The van der Waals surface area contributed by atoms with Gasteiger partial charge in [0, 0.05) is 25.9 Å². The third kappa shape index (κ3) is 3.89. The number of nitrogens with zero attached hydrogens (tertiary/aromatic N) is 2. The maximum absolute atomic E-state index is 12.8. The number of benzene rings is 1. The van der Waals surface area contributed by atoms with Gasteiger partial charge in [0.2, 0.25) is 11.8 Å². The first kappa shape index (κ1) is 18.4. The van der Waals surface area contributed by atoms with Gasteiger partial charge in [0.05, 0.1) is 17.1 Å². The number of hydrogen-bond donors (Lipinski definition) is 2. The molecule has 6 nitrogen and oxygen atoms in total. The lowest BCUT2D eigenvalue weighted by atomic mass is 9.93. The van der Waals surface area contributed by atoms with Crippen LogP contribution in [0.15, 0.2) is 24.3 Å². The Morgan fingerprint density at radius 2 is 2.00 bits per heavy atom. The van der Waals surface area contributed by atoms with Crippen LogP contribution in [0.25, 0.3) is 11.0 Å². The largest absolute Gasteiger partial charge is 0.346 e. The van der Waals surface area contributed by atoms with E-state index < -0.39 is 0 Å². The second-order valence-corrected chi connectivity index (χ2v) is 7.29. The van der Waals surface area contributed by atoms with Gasteiger partial charge in [-0.05, 0) is 30.9 Å². The lowest BCUT2D eigenvalue weighted by molar-refractivity contribution is -0.134. The first-order valence-corrected chi connectivity index (χ1v) is 9.50. The van der Waals surface area contributed by atoms with E-state index >= 15 is 0 Å². The van der Waals surface area contributed by atoms with Gasteiger partial charge in [0.15, 0.2) is 0 Å². The fraction of sp³-hybridized carbons (Fsp3) is 0.550. The Balaban J connectivity index is 1.72. The van der Waals surface area contributed by atoms with Crippen molar-refractivity contribution >= 4 is 22.8 Å². The summed E-state index contributed by atoms with van der Waals surface area (Å²) in [5, 5.41) is 3.22. The van der Waals surface area contributed by atoms with Gasteiger partial charge >= 0.3 is 0 Å². The Hall–Kier alpha value is -2.37. The van der Waals surface area contributed by atoms with Gasteiger partial charge in [-0.15, -0.1) is 0 Å². The van der Waals surface area contributed by atoms with E-state index in [-0.39, 0.29) is 29.7 Å². The number of hydrogen-bond acceptors (Lipinski definition) is 3. The zero-order valence-corrected chi connectivity index (χ0v) is 15.8. The molecule has 1 fully saturated rings. The molecule has 3 rings (SSSR count). The van der Waals surface area contributed by atoms with Crippen molar-refractivity contribution in [1.29, 1.82) is 0 Å². The number of para-hydroxylation sites is 2. The highest BCUT2D eigenvalue weighted by Gasteiger charge is 2.30. The molecule has 2 N–H and O–H groups in total. The van der Waals surface area contributed by atoms with Crippen molar-refractivity contribution in [2.75, 3.05) is 13.1 Å². The molecule has 6 heteroatoms.